The lowest BCUT2D eigenvalue weighted by molar-refractivity contribution is 0.142. The molecule has 2 aliphatic rings. The van der Waals surface area contributed by atoms with E-state index >= 15 is 0 Å². The number of aromatic nitrogens is 2. The second-order valence-electron chi connectivity index (χ2n) is 7.58. The summed E-state index contributed by atoms with van der Waals surface area (Å²) < 4.78 is 27.4. The van der Waals surface area contributed by atoms with Crippen LogP contribution in [-0.2, 0) is 16.3 Å². The van der Waals surface area contributed by atoms with Gasteiger partial charge in [-0.2, -0.15) is 0 Å². The molecule has 1 saturated carbocycles. The third-order valence-electron chi connectivity index (χ3n) is 5.07. The summed E-state index contributed by atoms with van der Waals surface area (Å²) in [5.41, 5.74) is 2.18. The molecule has 1 atom stereocenters. The minimum Gasteiger partial charge on any atom is -0.487 e. The number of hydrogen-bond acceptors (Lipinski definition) is 4. The van der Waals surface area contributed by atoms with Crippen molar-refractivity contribution in [1.29, 1.82) is 0 Å². The predicted octanol–water partition coefficient (Wildman–Crippen LogP) is 4.14. The summed E-state index contributed by atoms with van der Waals surface area (Å²) in [7, 11) is -0.314. The molecule has 2 aromatic rings. The van der Waals surface area contributed by atoms with Crippen LogP contribution >= 0.6 is 23.1 Å². The van der Waals surface area contributed by atoms with E-state index in [9.17, 15) is 4.57 Å². The van der Waals surface area contributed by atoms with Crippen LogP contribution in [0.4, 0.5) is 0 Å². The van der Waals surface area contributed by atoms with Crippen LogP contribution in [0.1, 0.15) is 30.9 Å². The van der Waals surface area contributed by atoms with Crippen LogP contribution in [0.25, 0.3) is 11.4 Å². The third-order valence-corrected chi connectivity index (χ3v) is 7.17. The molecular weight excluding hydrogens is 415 g/mol. The van der Waals surface area contributed by atoms with E-state index in [-0.39, 0.29) is 6.10 Å². The second kappa shape index (κ2) is 6.81. The van der Waals surface area contributed by atoms with Gasteiger partial charge in [0.05, 0.1) is 24.5 Å². The molecule has 1 aliphatic heterocycles. The average Bonchev–Trinajstić information content (AvgIpc) is 3.18. The van der Waals surface area contributed by atoms with Crippen molar-refractivity contribution < 1.29 is 14.0 Å². The first-order valence-corrected chi connectivity index (χ1v) is 12.4. The quantitative estimate of drug-likeness (QED) is 0.658. The van der Waals surface area contributed by atoms with E-state index in [4.69, 9.17) is 14.5 Å². The highest BCUT2D eigenvalue weighted by Crippen LogP contribution is 2.45. The summed E-state index contributed by atoms with van der Waals surface area (Å²) in [6.45, 7) is 4.89. The van der Waals surface area contributed by atoms with Crippen molar-refractivity contribution in [2.24, 2.45) is 7.05 Å². The Labute approximate surface area is 162 Å². The lowest BCUT2D eigenvalue weighted by Gasteiger charge is -2.18. The van der Waals surface area contributed by atoms with Crippen LogP contribution in [0.5, 0.6) is 5.75 Å². The molecule has 2 heterocycles. The van der Waals surface area contributed by atoms with Gasteiger partial charge in [0.1, 0.15) is 29.4 Å². The summed E-state index contributed by atoms with van der Waals surface area (Å²) in [6, 6.07) is 5.85. The summed E-state index contributed by atoms with van der Waals surface area (Å²) in [6.07, 6.45) is 3.34. The minimum absolute atomic E-state index is 0.0312. The molecule has 0 spiro atoms. The fraction of sp³-hybridized carbons (Fsp3) is 0.526. The Bertz CT molecular complexity index is 879. The Hall–Kier alpha value is -1.10. The van der Waals surface area contributed by atoms with Gasteiger partial charge in [0.15, 0.2) is 0 Å². The molecule has 1 saturated heterocycles. The van der Waals surface area contributed by atoms with Gasteiger partial charge in [-0.05, 0) is 54.2 Å². The molecule has 5 nitrogen and oxygen atoms in total. The monoisotopic (exact) mass is 438 g/mol. The van der Waals surface area contributed by atoms with Crippen LogP contribution < -0.4 is 10.0 Å². The first kappa shape index (κ1) is 18.3. The van der Waals surface area contributed by atoms with Crippen LogP contribution in [0, 0.1) is 0 Å². The smallest absolute Gasteiger partial charge is 0.145 e. The zero-order valence-electron chi connectivity index (χ0n) is 15.4. The van der Waals surface area contributed by atoms with Crippen LogP contribution in [0.15, 0.2) is 22.8 Å². The molecule has 1 aromatic carbocycles. The van der Waals surface area contributed by atoms with E-state index in [1.54, 1.807) is 13.3 Å². The molecule has 7 heteroatoms. The molecule has 140 valence electrons. The number of benzene rings is 1. The normalized spacial score (nSPS) is 20.5. The number of halogens is 1. The maximum absolute atomic E-state index is 12.6. The molecule has 1 aliphatic carbocycles. The number of imidazole rings is 1. The highest BCUT2D eigenvalue weighted by molar-refractivity contribution is 9.10. The Balaban J connectivity index is 1.79. The largest absolute Gasteiger partial charge is 0.487 e. The van der Waals surface area contributed by atoms with E-state index in [1.807, 2.05) is 18.2 Å². The zero-order valence-corrected chi connectivity index (χ0v) is 17.8. The lowest BCUT2D eigenvalue weighted by Crippen LogP contribution is -2.18. The molecule has 1 aromatic heterocycles. The van der Waals surface area contributed by atoms with E-state index in [1.165, 1.54) is 18.5 Å². The summed E-state index contributed by atoms with van der Waals surface area (Å²) in [5.74, 6) is 2.21. The van der Waals surface area contributed by atoms with Crippen molar-refractivity contribution in [2.75, 3.05) is 26.5 Å². The first-order valence-electron chi connectivity index (χ1n) is 9.01. The van der Waals surface area contributed by atoms with Gasteiger partial charge >= 0.3 is 0 Å². The van der Waals surface area contributed by atoms with Crippen molar-refractivity contribution >= 4 is 28.4 Å². The van der Waals surface area contributed by atoms with Gasteiger partial charge in [-0.1, -0.05) is 6.07 Å². The van der Waals surface area contributed by atoms with Crippen molar-refractivity contribution in [3.8, 4) is 17.1 Å². The fourth-order valence-electron chi connectivity index (χ4n) is 3.43. The summed E-state index contributed by atoms with van der Waals surface area (Å²) in [5, 5.41) is 0.825. The molecular formula is C19H24BrN2O3P. The van der Waals surface area contributed by atoms with Crippen molar-refractivity contribution in [2.45, 2.75) is 31.3 Å². The van der Waals surface area contributed by atoms with Gasteiger partial charge in [0.25, 0.3) is 0 Å². The lowest BCUT2D eigenvalue weighted by atomic mass is 10.1. The second-order valence-corrected chi connectivity index (χ2v) is 11.5. The van der Waals surface area contributed by atoms with E-state index in [0.29, 0.717) is 12.5 Å². The molecule has 0 amide bonds. The van der Waals surface area contributed by atoms with Crippen molar-refractivity contribution in [1.82, 2.24) is 9.55 Å². The number of nitrogens with zero attached hydrogens (tertiary/aromatic N) is 2. The van der Waals surface area contributed by atoms with Crippen LogP contribution in [0.2, 0.25) is 0 Å². The van der Waals surface area contributed by atoms with E-state index < -0.39 is 7.14 Å². The standard InChI is InChI=1S/C19H24BrN2O3P/c1-22-17(12-4-5-12)18(20)21-19(22)15-7-6-14(26(2,3)23)10-16(15)25-13-8-9-24-11-13/h6-7,10,12-13H,4-5,8-9,11H2,1-3H3/t13-/m1/s1. The fourth-order valence-corrected chi connectivity index (χ4v) is 5.05. The van der Waals surface area contributed by atoms with Gasteiger partial charge in [-0.3, -0.25) is 0 Å². The van der Waals surface area contributed by atoms with Crippen molar-refractivity contribution in [3.05, 3.63) is 28.5 Å². The topological polar surface area (TPSA) is 53.4 Å². The minimum atomic E-state index is -2.37. The molecule has 0 unspecified atom stereocenters. The first-order chi connectivity index (χ1) is 12.3. The molecule has 0 bridgehead atoms. The maximum atomic E-state index is 12.6. The van der Waals surface area contributed by atoms with E-state index in [2.05, 4.69) is 27.5 Å². The molecule has 2 fully saturated rings. The van der Waals surface area contributed by atoms with Crippen molar-refractivity contribution in [3.63, 3.8) is 0 Å². The van der Waals surface area contributed by atoms with Gasteiger partial charge < -0.3 is 18.6 Å². The average molecular weight is 439 g/mol. The Morgan fingerprint density at radius 2 is 2.08 bits per heavy atom. The van der Waals surface area contributed by atoms with Gasteiger partial charge in [0, 0.05) is 24.7 Å². The Kier molecular flexibility index (Phi) is 4.79. The number of ether oxygens (including phenoxy) is 2. The number of hydrogen-bond donors (Lipinski definition) is 0. The van der Waals surface area contributed by atoms with Crippen LogP contribution in [-0.4, -0.2) is 42.2 Å². The SMILES string of the molecule is Cn1c(-c2ccc(P(C)(C)=O)cc2O[C@@H]2CCOC2)nc(Br)c1C1CC1. The van der Waals surface area contributed by atoms with Gasteiger partial charge in [-0.15, -0.1) is 0 Å². The Morgan fingerprint density at radius 3 is 2.69 bits per heavy atom. The molecule has 0 N–H and O–H groups in total. The summed E-state index contributed by atoms with van der Waals surface area (Å²) >= 11 is 3.63. The molecule has 26 heavy (non-hydrogen) atoms. The third kappa shape index (κ3) is 3.51. The zero-order chi connectivity index (χ0) is 18.5. The van der Waals surface area contributed by atoms with Gasteiger partial charge in [-0.25, -0.2) is 4.98 Å². The predicted molar refractivity (Wildman–Crippen MR) is 107 cm³/mol. The molecule has 4 rings (SSSR count). The van der Waals surface area contributed by atoms with Crippen LogP contribution in [0.3, 0.4) is 0 Å². The highest BCUT2D eigenvalue weighted by Gasteiger charge is 2.31. The maximum Gasteiger partial charge on any atom is 0.145 e. The number of rotatable bonds is 5. The highest BCUT2D eigenvalue weighted by atomic mass is 79.9. The molecule has 0 radical (unpaired) electrons. The summed E-state index contributed by atoms with van der Waals surface area (Å²) in [4.78, 5) is 4.77. The van der Waals surface area contributed by atoms with Gasteiger partial charge in [0.2, 0.25) is 0 Å². The Morgan fingerprint density at radius 1 is 1.31 bits per heavy atom. The van der Waals surface area contributed by atoms with E-state index in [0.717, 1.165) is 40.1 Å².